The lowest BCUT2D eigenvalue weighted by Crippen LogP contribution is -2.30. The van der Waals surface area contributed by atoms with E-state index in [4.69, 9.17) is 10.4 Å². The number of carboxylic acids is 1. The number of carbonyl (C=O) groups is 1. The Morgan fingerprint density at radius 1 is 1.50 bits per heavy atom. The van der Waals surface area contributed by atoms with Gasteiger partial charge in [0.2, 0.25) is 0 Å². The van der Waals surface area contributed by atoms with Crippen molar-refractivity contribution in [3.05, 3.63) is 39.9 Å². The van der Waals surface area contributed by atoms with Gasteiger partial charge in [-0.2, -0.15) is 5.26 Å². The second-order valence-electron chi connectivity index (χ2n) is 3.35. The summed E-state index contributed by atoms with van der Waals surface area (Å²) in [7, 11) is 0. The fraction of sp³-hybridized carbons (Fsp3) is 0.200. The molecule has 0 bridgehead atoms. The molecule has 6 nitrogen and oxygen atoms in total. The van der Waals surface area contributed by atoms with Gasteiger partial charge in [0.1, 0.15) is 0 Å². The van der Waals surface area contributed by atoms with E-state index in [0.29, 0.717) is 0 Å². The molecule has 1 atom stereocenters. The van der Waals surface area contributed by atoms with Crippen molar-refractivity contribution in [1.82, 2.24) is 0 Å². The number of nitro benzene ring substituents is 1. The molecule has 0 fully saturated rings. The summed E-state index contributed by atoms with van der Waals surface area (Å²) in [5, 5.41) is 28.1. The average molecular weight is 220 g/mol. The lowest BCUT2D eigenvalue weighted by atomic mass is 9.84. The molecular weight excluding hydrogens is 212 g/mol. The van der Waals surface area contributed by atoms with Gasteiger partial charge in [0.05, 0.1) is 11.0 Å². The Morgan fingerprint density at radius 3 is 2.31 bits per heavy atom. The molecule has 0 radical (unpaired) electrons. The van der Waals surface area contributed by atoms with Crippen molar-refractivity contribution in [2.45, 2.75) is 12.3 Å². The molecule has 1 aromatic carbocycles. The molecule has 0 saturated heterocycles. The fourth-order valence-electron chi connectivity index (χ4n) is 1.15. The van der Waals surface area contributed by atoms with Crippen molar-refractivity contribution < 1.29 is 14.8 Å². The maximum absolute atomic E-state index is 10.9. The summed E-state index contributed by atoms with van der Waals surface area (Å²) in [4.78, 5) is 20.7. The Morgan fingerprint density at radius 2 is 2.00 bits per heavy atom. The number of nitriles is 1. The first-order valence-corrected chi connectivity index (χ1v) is 4.31. The van der Waals surface area contributed by atoms with E-state index in [9.17, 15) is 14.9 Å². The number of aliphatic carboxylic acids is 1. The predicted octanol–water partition coefficient (Wildman–Crippen LogP) is 1.46. The highest BCUT2D eigenvalue weighted by atomic mass is 16.6. The second kappa shape index (κ2) is 3.98. The van der Waals surface area contributed by atoms with Crippen LogP contribution in [0.15, 0.2) is 24.3 Å². The third kappa shape index (κ3) is 1.83. The molecule has 82 valence electrons. The Balaban J connectivity index is 3.21. The molecule has 0 heterocycles. The summed E-state index contributed by atoms with van der Waals surface area (Å²) in [5.41, 5.74) is -1.61. The molecule has 6 heteroatoms. The highest BCUT2D eigenvalue weighted by Crippen LogP contribution is 2.25. The summed E-state index contributed by atoms with van der Waals surface area (Å²) < 4.78 is 0. The monoisotopic (exact) mass is 220 g/mol. The number of carboxylic acid groups (broad SMARTS) is 1. The van der Waals surface area contributed by atoms with Crippen LogP contribution in [0.2, 0.25) is 0 Å². The van der Waals surface area contributed by atoms with Crippen molar-refractivity contribution >= 4 is 11.7 Å². The Labute approximate surface area is 90.9 Å². The number of benzene rings is 1. The number of hydrogen-bond donors (Lipinski definition) is 1. The molecule has 0 aliphatic rings. The summed E-state index contributed by atoms with van der Waals surface area (Å²) in [5.74, 6) is -1.29. The van der Waals surface area contributed by atoms with Crippen LogP contribution in [0.1, 0.15) is 12.5 Å². The molecule has 0 aliphatic heterocycles. The van der Waals surface area contributed by atoms with E-state index in [0.717, 1.165) is 0 Å². The van der Waals surface area contributed by atoms with Crippen LogP contribution in [-0.4, -0.2) is 16.0 Å². The molecule has 1 rings (SSSR count). The van der Waals surface area contributed by atoms with Crippen LogP contribution in [-0.2, 0) is 10.2 Å². The van der Waals surface area contributed by atoms with E-state index < -0.39 is 16.3 Å². The van der Waals surface area contributed by atoms with Gasteiger partial charge in [-0.3, -0.25) is 14.9 Å². The number of nitrogens with zero attached hydrogens (tertiary/aromatic N) is 2. The Bertz CT molecular complexity index is 475. The average Bonchev–Trinajstić information content (AvgIpc) is 2.27. The van der Waals surface area contributed by atoms with Gasteiger partial charge in [0, 0.05) is 12.1 Å². The van der Waals surface area contributed by atoms with Gasteiger partial charge in [-0.15, -0.1) is 0 Å². The minimum absolute atomic E-state index is 0.144. The Kier molecular flexibility index (Phi) is 2.90. The first-order valence-electron chi connectivity index (χ1n) is 4.31. The first kappa shape index (κ1) is 11.7. The zero-order valence-electron chi connectivity index (χ0n) is 8.38. The molecule has 1 N–H and O–H groups in total. The number of non-ortho nitro benzene ring substituents is 1. The standard InChI is InChI=1S/C10H8N2O4/c1-10(6-11,9(13)14)7-2-4-8(5-3-7)12(15)16/h2-5H,1H3,(H,13,14). The predicted molar refractivity (Wildman–Crippen MR) is 53.7 cm³/mol. The minimum Gasteiger partial charge on any atom is -0.480 e. The van der Waals surface area contributed by atoms with Gasteiger partial charge in [-0.25, -0.2) is 0 Å². The number of nitro groups is 1. The molecule has 0 aromatic heterocycles. The van der Waals surface area contributed by atoms with Crippen molar-refractivity contribution in [2.75, 3.05) is 0 Å². The molecule has 1 unspecified atom stereocenters. The van der Waals surface area contributed by atoms with E-state index >= 15 is 0 Å². The molecule has 1 aromatic rings. The van der Waals surface area contributed by atoms with Crippen molar-refractivity contribution in [3.63, 3.8) is 0 Å². The number of rotatable bonds is 3. The van der Waals surface area contributed by atoms with Crippen LogP contribution < -0.4 is 0 Å². The largest absolute Gasteiger partial charge is 0.480 e. The highest BCUT2D eigenvalue weighted by molar-refractivity contribution is 5.84. The van der Waals surface area contributed by atoms with E-state index in [1.807, 2.05) is 0 Å². The van der Waals surface area contributed by atoms with E-state index in [1.54, 1.807) is 6.07 Å². The Hall–Kier alpha value is -2.42. The van der Waals surface area contributed by atoms with Crippen LogP contribution in [0.3, 0.4) is 0 Å². The molecule has 0 aliphatic carbocycles. The topological polar surface area (TPSA) is 104 Å². The lowest BCUT2D eigenvalue weighted by Gasteiger charge is -2.15. The summed E-state index contributed by atoms with van der Waals surface area (Å²) in [6.45, 7) is 1.25. The van der Waals surface area contributed by atoms with Crippen molar-refractivity contribution in [1.29, 1.82) is 5.26 Å². The quantitative estimate of drug-likeness (QED) is 0.613. The van der Waals surface area contributed by atoms with Gasteiger partial charge in [0.25, 0.3) is 5.69 Å². The van der Waals surface area contributed by atoms with Crippen molar-refractivity contribution in [3.8, 4) is 6.07 Å². The molecule has 0 saturated carbocycles. The molecular formula is C10H8N2O4. The fourth-order valence-corrected chi connectivity index (χ4v) is 1.15. The van der Waals surface area contributed by atoms with Crippen LogP contribution >= 0.6 is 0 Å². The van der Waals surface area contributed by atoms with Crippen LogP contribution in [0.5, 0.6) is 0 Å². The SMILES string of the molecule is CC(C#N)(C(=O)O)c1ccc([N+](=O)[O-])cc1. The van der Waals surface area contributed by atoms with Crippen LogP contribution in [0, 0.1) is 21.4 Å². The zero-order valence-corrected chi connectivity index (χ0v) is 8.38. The summed E-state index contributed by atoms with van der Waals surface area (Å²) >= 11 is 0. The number of hydrogen-bond acceptors (Lipinski definition) is 4. The van der Waals surface area contributed by atoms with Crippen LogP contribution in [0.4, 0.5) is 5.69 Å². The summed E-state index contributed by atoms with van der Waals surface area (Å²) in [6.07, 6.45) is 0. The molecule has 16 heavy (non-hydrogen) atoms. The lowest BCUT2D eigenvalue weighted by molar-refractivity contribution is -0.384. The summed E-state index contributed by atoms with van der Waals surface area (Å²) in [6, 6.07) is 6.57. The van der Waals surface area contributed by atoms with Gasteiger partial charge in [-0.1, -0.05) is 12.1 Å². The van der Waals surface area contributed by atoms with Crippen molar-refractivity contribution in [2.24, 2.45) is 0 Å². The maximum atomic E-state index is 10.9. The van der Waals surface area contributed by atoms with Gasteiger partial charge >= 0.3 is 5.97 Å². The zero-order chi connectivity index (χ0) is 12.3. The first-order chi connectivity index (χ1) is 7.41. The minimum atomic E-state index is -1.69. The normalized spacial score (nSPS) is 13.5. The van der Waals surface area contributed by atoms with Gasteiger partial charge in [-0.05, 0) is 12.5 Å². The maximum Gasteiger partial charge on any atom is 0.328 e. The van der Waals surface area contributed by atoms with E-state index in [2.05, 4.69) is 0 Å². The van der Waals surface area contributed by atoms with E-state index in [1.165, 1.54) is 31.2 Å². The second-order valence-corrected chi connectivity index (χ2v) is 3.35. The highest BCUT2D eigenvalue weighted by Gasteiger charge is 2.35. The smallest absolute Gasteiger partial charge is 0.328 e. The third-order valence-electron chi connectivity index (χ3n) is 2.31. The van der Waals surface area contributed by atoms with Crippen LogP contribution in [0.25, 0.3) is 0 Å². The third-order valence-corrected chi connectivity index (χ3v) is 2.31. The van der Waals surface area contributed by atoms with E-state index in [-0.39, 0.29) is 11.3 Å². The molecule has 0 spiro atoms. The van der Waals surface area contributed by atoms with Gasteiger partial charge in [0.15, 0.2) is 5.41 Å². The van der Waals surface area contributed by atoms with Gasteiger partial charge < -0.3 is 5.11 Å². The molecule has 0 amide bonds.